The van der Waals surface area contributed by atoms with Gasteiger partial charge < -0.3 is 14.4 Å². The van der Waals surface area contributed by atoms with E-state index in [1.807, 2.05) is 17.0 Å². The maximum atomic E-state index is 13.0. The first-order valence-corrected chi connectivity index (χ1v) is 10.3. The molecule has 1 aromatic carbocycles. The van der Waals surface area contributed by atoms with Crippen LogP contribution in [0.2, 0.25) is 0 Å². The molecule has 0 atom stereocenters. The molecule has 0 N–H and O–H groups in total. The van der Waals surface area contributed by atoms with Crippen molar-refractivity contribution in [1.29, 1.82) is 0 Å². The minimum atomic E-state index is -0.412. The van der Waals surface area contributed by atoms with E-state index in [0.717, 1.165) is 31.8 Å². The van der Waals surface area contributed by atoms with Crippen LogP contribution < -0.4 is 4.74 Å². The second-order valence-electron chi connectivity index (χ2n) is 7.32. The minimum absolute atomic E-state index is 0.0974. The van der Waals surface area contributed by atoms with Crippen LogP contribution in [0.5, 0.6) is 5.75 Å². The number of benzene rings is 1. The maximum absolute atomic E-state index is 13.0. The highest BCUT2D eigenvalue weighted by Gasteiger charge is 2.22. The number of carbonyl (C=O) groups is 2. The van der Waals surface area contributed by atoms with Gasteiger partial charge in [0.05, 0.1) is 25.0 Å². The second-order valence-corrected chi connectivity index (χ2v) is 7.32. The van der Waals surface area contributed by atoms with Gasteiger partial charge in [-0.25, -0.2) is 9.78 Å². The number of aryl methyl sites for hydroxylation is 1. The van der Waals surface area contributed by atoms with E-state index in [9.17, 15) is 9.59 Å². The van der Waals surface area contributed by atoms with E-state index in [0.29, 0.717) is 36.6 Å². The standard InChI is InChI=1S/C23H29N3O4/c1-4-30-23(28)20-10-11-21(24-17(20)2)22(27)26-13-5-12-25(14-15-26)16-18-6-8-19(29-3)9-7-18/h6-11H,4-5,12-16H2,1-3H3. The number of nitrogens with zero attached hydrogens (tertiary/aromatic N) is 3. The van der Waals surface area contributed by atoms with Crippen LogP contribution in [0.25, 0.3) is 0 Å². The predicted molar refractivity (Wildman–Crippen MR) is 114 cm³/mol. The summed E-state index contributed by atoms with van der Waals surface area (Å²) in [6, 6.07) is 11.3. The van der Waals surface area contributed by atoms with Gasteiger partial charge >= 0.3 is 5.97 Å². The Morgan fingerprint density at radius 1 is 1.03 bits per heavy atom. The van der Waals surface area contributed by atoms with Crippen LogP contribution in [0.3, 0.4) is 0 Å². The summed E-state index contributed by atoms with van der Waals surface area (Å²) in [6.07, 6.45) is 0.905. The van der Waals surface area contributed by atoms with Gasteiger partial charge in [0.2, 0.25) is 0 Å². The van der Waals surface area contributed by atoms with Crippen LogP contribution in [0, 0.1) is 6.92 Å². The summed E-state index contributed by atoms with van der Waals surface area (Å²) >= 11 is 0. The highest BCUT2D eigenvalue weighted by molar-refractivity contribution is 5.95. The Balaban J connectivity index is 1.61. The molecular weight excluding hydrogens is 382 g/mol. The van der Waals surface area contributed by atoms with Gasteiger partial charge in [-0.15, -0.1) is 0 Å². The number of ether oxygens (including phenoxy) is 2. The average molecular weight is 412 g/mol. The number of rotatable bonds is 6. The van der Waals surface area contributed by atoms with Gasteiger partial charge in [-0.2, -0.15) is 0 Å². The largest absolute Gasteiger partial charge is 0.497 e. The molecule has 1 aliphatic heterocycles. The van der Waals surface area contributed by atoms with Gasteiger partial charge in [0.15, 0.2) is 0 Å². The van der Waals surface area contributed by atoms with E-state index in [1.54, 1.807) is 33.1 Å². The lowest BCUT2D eigenvalue weighted by Crippen LogP contribution is -2.35. The molecule has 2 aromatic rings. The lowest BCUT2D eigenvalue weighted by atomic mass is 10.1. The molecule has 160 valence electrons. The third-order valence-electron chi connectivity index (χ3n) is 5.24. The van der Waals surface area contributed by atoms with Crippen molar-refractivity contribution in [3.05, 3.63) is 58.9 Å². The average Bonchev–Trinajstić information content (AvgIpc) is 2.99. The van der Waals surface area contributed by atoms with Gasteiger partial charge in [-0.05, 0) is 50.1 Å². The summed E-state index contributed by atoms with van der Waals surface area (Å²) in [4.78, 5) is 33.5. The summed E-state index contributed by atoms with van der Waals surface area (Å²) in [6.45, 7) is 7.71. The zero-order valence-corrected chi connectivity index (χ0v) is 17.9. The lowest BCUT2D eigenvalue weighted by molar-refractivity contribution is 0.0524. The van der Waals surface area contributed by atoms with Crippen molar-refractivity contribution in [3.8, 4) is 5.75 Å². The van der Waals surface area contributed by atoms with Crippen molar-refractivity contribution < 1.29 is 19.1 Å². The zero-order chi connectivity index (χ0) is 21.5. The molecule has 7 heteroatoms. The van der Waals surface area contributed by atoms with Crippen LogP contribution in [-0.2, 0) is 11.3 Å². The fraction of sp³-hybridized carbons (Fsp3) is 0.435. The molecule has 0 unspecified atom stereocenters. The Hall–Kier alpha value is -2.93. The predicted octanol–water partition coefficient (Wildman–Crippen LogP) is 2.92. The first-order valence-electron chi connectivity index (χ1n) is 10.3. The first kappa shape index (κ1) is 21.8. The minimum Gasteiger partial charge on any atom is -0.497 e. The third kappa shape index (κ3) is 5.36. The van der Waals surface area contributed by atoms with Crippen LogP contribution in [0.15, 0.2) is 36.4 Å². The monoisotopic (exact) mass is 411 g/mol. The van der Waals surface area contributed by atoms with Gasteiger partial charge in [-0.1, -0.05) is 12.1 Å². The number of aromatic nitrogens is 1. The second kappa shape index (κ2) is 10.2. The highest BCUT2D eigenvalue weighted by Crippen LogP contribution is 2.16. The number of amides is 1. The Bertz CT molecular complexity index is 883. The molecule has 1 amide bonds. The normalized spacial score (nSPS) is 14.8. The van der Waals surface area contributed by atoms with E-state index >= 15 is 0 Å². The topological polar surface area (TPSA) is 72.0 Å². The molecule has 0 bridgehead atoms. The molecule has 0 radical (unpaired) electrons. The lowest BCUT2D eigenvalue weighted by Gasteiger charge is -2.22. The van der Waals surface area contributed by atoms with Crippen molar-refractivity contribution >= 4 is 11.9 Å². The molecule has 30 heavy (non-hydrogen) atoms. The summed E-state index contributed by atoms with van der Waals surface area (Å²) in [7, 11) is 1.66. The molecule has 2 heterocycles. The summed E-state index contributed by atoms with van der Waals surface area (Å²) < 4.78 is 10.2. The van der Waals surface area contributed by atoms with Crippen molar-refractivity contribution in [2.24, 2.45) is 0 Å². The van der Waals surface area contributed by atoms with Gasteiger partial charge in [-0.3, -0.25) is 9.69 Å². The van der Waals surface area contributed by atoms with Crippen molar-refractivity contribution in [2.75, 3.05) is 39.9 Å². The smallest absolute Gasteiger partial charge is 0.339 e. The van der Waals surface area contributed by atoms with Crippen LogP contribution in [0.1, 0.15) is 45.4 Å². The quantitative estimate of drug-likeness (QED) is 0.681. The van der Waals surface area contributed by atoms with Gasteiger partial charge in [0.25, 0.3) is 5.91 Å². The first-order chi connectivity index (χ1) is 14.5. The Kier molecular flexibility index (Phi) is 7.41. The van der Waals surface area contributed by atoms with Crippen LogP contribution in [0.4, 0.5) is 0 Å². The molecule has 0 spiro atoms. The van der Waals surface area contributed by atoms with E-state index in [4.69, 9.17) is 9.47 Å². The molecule has 1 aliphatic rings. The number of carbonyl (C=O) groups excluding carboxylic acids is 2. The molecule has 0 aliphatic carbocycles. The van der Waals surface area contributed by atoms with E-state index < -0.39 is 5.97 Å². The number of methoxy groups -OCH3 is 1. The van der Waals surface area contributed by atoms with Crippen LogP contribution in [-0.4, -0.2) is 66.6 Å². The van der Waals surface area contributed by atoms with E-state index in [-0.39, 0.29) is 5.91 Å². The maximum Gasteiger partial charge on any atom is 0.339 e. The van der Waals surface area contributed by atoms with Crippen LogP contribution >= 0.6 is 0 Å². The van der Waals surface area contributed by atoms with Crippen molar-refractivity contribution in [2.45, 2.75) is 26.8 Å². The zero-order valence-electron chi connectivity index (χ0n) is 17.9. The summed E-state index contributed by atoms with van der Waals surface area (Å²) in [5.41, 5.74) is 2.50. The van der Waals surface area contributed by atoms with Crippen molar-refractivity contribution in [3.63, 3.8) is 0 Å². The molecule has 0 saturated carbocycles. The number of pyridine rings is 1. The molecule has 7 nitrogen and oxygen atoms in total. The van der Waals surface area contributed by atoms with Gasteiger partial charge in [0.1, 0.15) is 11.4 Å². The Morgan fingerprint density at radius 2 is 1.80 bits per heavy atom. The van der Waals surface area contributed by atoms with Gasteiger partial charge in [0, 0.05) is 32.7 Å². The van der Waals surface area contributed by atoms with E-state index in [2.05, 4.69) is 22.0 Å². The fourth-order valence-electron chi connectivity index (χ4n) is 3.59. The molecule has 1 fully saturated rings. The highest BCUT2D eigenvalue weighted by atomic mass is 16.5. The third-order valence-corrected chi connectivity index (χ3v) is 5.24. The summed E-state index contributed by atoms with van der Waals surface area (Å²) in [5.74, 6) is 0.341. The Morgan fingerprint density at radius 3 is 2.47 bits per heavy atom. The Labute approximate surface area is 177 Å². The molecule has 1 aromatic heterocycles. The molecule has 3 rings (SSSR count). The SMILES string of the molecule is CCOC(=O)c1ccc(C(=O)N2CCCN(Cc3ccc(OC)cc3)CC2)nc1C. The van der Waals surface area contributed by atoms with E-state index in [1.165, 1.54) is 5.56 Å². The summed E-state index contributed by atoms with van der Waals surface area (Å²) in [5, 5.41) is 0. The number of hydrogen-bond donors (Lipinski definition) is 0. The number of hydrogen-bond acceptors (Lipinski definition) is 6. The number of esters is 1. The fourth-order valence-corrected chi connectivity index (χ4v) is 3.59. The molecule has 1 saturated heterocycles. The molecular formula is C23H29N3O4. The van der Waals surface area contributed by atoms with Crippen molar-refractivity contribution in [1.82, 2.24) is 14.8 Å².